The lowest BCUT2D eigenvalue weighted by Crippen LogP contribution is -2.66. The number of hydrogen-bond donors (Lipinski definition) is 1. The highest BCUT2D eigenvalue weighted by Crippen LogP contribution is 2.38. The van der Waals surface area contributed by atoms with Gasteiger partial charge in [-0.25, -0.2) is 0 Å². The molecule has 13 nitrogen and oxygen atoms in total. The van der Waals surface area contributed by atoms with E-state index in [4.69, 9.17) is 42.6 Å². The summed E-state index contributed by atoms with van der Waals surface area (Å²) in [6, 6.07) is 37.6. The summed E-state index contributed by atoms with van der Waals surface area (Å²) in [6.45, 7) is 4.93. The molecule has 3 aliphatic heterocycles. The number of azide groups is 1. The van der Waals surface area contributed by atoms with Crippen molar-refractivity contribution < 1.29 is 47.7 Å². The second-order valence-electron chi connectivity index (χ2n) is 14.4. The maximum atomic E-state index is 12.1. The molecule has 1 unspecified atom stereocenters. The van der Waals surface area contributed by atoms with Gasteiger partial charge in [0.05, 0.1) is 39.6 Å². The number of ether oxygens (including phenoxy) is 9. The van der Waals surface area contributed by atoms with Crippen LogP contribution >= 0.6 is 0 Å². The average Bonchev–Trinajstić information content (AvgIpc) is 3.27. The molecule has 306 valence electrons. The van der Waals surface area contributed by atoms with E-state index in [1.807, 2.05) is 127 Å². The standard InChI is InChI=1S/C45H51N3O10/c1-2-3-16-25-51-44-37(47-48-46)41(52-27-32-19-10-5-11-20-32)40(35(55-44)29-50-26-31-17-8-4-9-18-31)58-45-42(53-28-33-21-12-6-13-22-33)38(49)39-36(56-45)30-54-43(57-39)34-23-14-7-15-24-34/h2,4-15,17-24,35-45,49H,1,3,16,25-30H2/t35-,36-,37-,38+,39-,40-,41-,42+,43?,44-,45+/m1/s1. The van der Waals surface area contributed by atoms with Gasteiger partial charge in [0.2, 0.25) is 0 Å². The topological polar surface area (TPSA) is 152 Å². The predicted molar refractivity (Wildman–Crippen MR) is 213 cm³/mol. The Bertz CT molecular complexity index is 1860. The molecule has 1 N–H and O–H groups in total. The van der Waals surface area contributed by atoms with E-state index in [-0.39, 0.29) is 26.4 Å². The first kappa shape index (κ1) is 41.7. The van der Waals surface area contributed by atoms with Crippen LogP contribution in [-0.4, -0.2) is 86.3 Å². The molecular weight excluding hydrogens is 743 g/mol. The Morgan fingerprint density at radius 1 is 0.724 bits per heavy atom. The highest BCUT2D eigenvalue weighted by atomic mass is 16.8. The predicted octanol–water partition coefficient (Wildman–Crippen LogP) is 7.35. The fourth-order valence-corrected chi connectivity index (χ4v) is 7.32. The molecule has 0 radical (unpaired) electrons. The highest BCUT2D eigenvalue weighted by Gasteiger charge is 2.54. The molecule has 3 aliphatic rings. The fraction of sp³-hybridized carbons (Fsp3) is 0.422. The first-order valence-corrected chi connectivity index (χ1v) is 19.8. The summed E-state index contributed by atoms with van der Waals surface area (Å²) >= 11 is 0. The third kappa shape index (κ3) is 11.0. The van der Waals surface area contributed by atoms with Crippen molar-refractivity contribution >= 4 is 0 Å². The molecule has 7 rings (SSSR count). The third-order valence-corrected chi connectivity index (χ3v) is 10.3. The van der Waals surface area contributed by atoms with Gasteiger partial charge < -0.3 is 47.7 Å². The lowest BCUT2D eigenvalue weighted by atomic mass is 9.95. The zero-order valence-electron chi connectivity index (χ0n) is 32.3. The van der Waals surface area contributed by atoms with Crippen molar-refractivity contribution in [1.82, 2.24) is 0 Å². The summed E-state index contributed by atoms with van der Waals surface area (Å²) < 4.78 is 58.4. The molecule has 0 aliphatic carbocycles. The first-order chi connectivity index (χ1) is 28.6. The lowest BCUT2D eigenvalue weighted by Gasteiger charge is -2.50. The van der Waals surface area contributed by atoms with Gasteiger partial charge in [0.1, 0.15) is 48.8 Å². The van der Waals surface area contributed by atoms with Gasteiger partial charge in [-0.05, 0) is 35.1 Å². The van der Waals surface area contributed by atoms with E-state index in [0.29, 0.717) is 19.6 Å². The van der Waals surface area contributed by atoms with E-state index in [2.05, 4.69) is 16.6 Å². The maximum Gasteiger partial charge on any atom is 0.187 e. The van der Waals surface area contributed by atoms with E-state index in [0.717, 1.165) is 28.7 Å². The number of fused-ring (bicyclic) bond motifs is 1. The Morgan fingerprint density at radius 2 is 1.33 bits per heavy atom. The van der Waals surface area contributed by atoms with Gasteiger partial charge in [-0.1, -0.05) is 133 Å². The summed E-state index contributed by atoms with van der Waals surface area (Å²) in [4.78, 5) is 3.20. The van der Waals surface area contributed by atoms with Crippen molar-refractivity contribution in [3.63, 3.8) is 0 Å². The van der Waals surface area contributed by atoms with E-state index in [1.54, 1.807) is 0 Å². The van der Waals surface area contributed by atoms with Crippen LogP contribution in [0.2, 0.25) is 0 Å². The van der Waals surface area contributed by atoms with Crippen LogP contribution in [0.4, 0.5) is 0 Å². The minimum atomic E-state index is -1.20. The van der Waals surface area contributed by atoms with E-state index < -0.39 is 67.6 Å². The zero-order chi connectivity index (χ0) is 39.9. The normalized spacial score (nSPS) is 29.5. The summed E-state index contributed by atoms with van der Waals surface area (Å²) in [5.41, 5.74) is 13.5. The molecule has 0 spiro atoms. The Kier molecular flexibility index (Phi) is 15.5. The molecule has 11 atom stereocenters. The molecule has 58 heavy (non-hydrogen) atoms. The van der Waals surface area contributed by atoms with Crippen LogP contribution in [0.25, 0.3) is 10.4 Å². The number of rotatable bonds is 19. The molecule has 0 aromatic heterocycles. The first-order valence-electron chi connectivity index (χ1n) is 19.8. The van der Waals surface area contributed by atoms with Crippen LogP contribution in [-0.2, 0) is 62.5 Å². The number of aliphatic hydroxyl groups is 1. The Balaban J connectivity index is 1.20. The molecule has 4 aromatic carbocycles. The fourth-order valence-electron chi connectivity index (χ4n) is 7.32. The molecule has 0 amide bonds. The summed E-state index contributed by atoms with van der Waals surface area (Å²) in [5, 5.41) is 16.3. The van der Waals surface area contributed by atoms with Gasteiger partial charge in [-0.2, -0.15) is 0 Å². The zero-order valence-corrected chi connectivity index (χ0v) is 32.3. The van der Waals surface area contributed by atoms with Crippen molar-refractivity contribution in [3.8, 4) is 0 Å². The van der Waals surface area contributed by atoms with Gasteiger partial charge in [-0.15, -0.1) is 6.58 Å². The van der Waals surface area contributed by atoms with Gasteiger partial charge >= 0.3 is 0 Å². The van der Waals surface area contributed by atoms with Gasteiger partial charge in [0.25, 0.3) is 0 Å². The molecule has 3 heterocycles. The molecule has 0 saturated carbocycles. The molecule has 3 fully saturated rings. The Morgan fingerprint density at radius 3 is 1.95 bits per heavy atom. The van der Waals surface area contributed by atoms with Gasteiger partial charge in [-0.3, -0.25) is 0 Å². The van der Waals surface area contributed by atoms with Crippen LogP contribution in [0.15, 0.2) is 139 Å². The van der Waals surface area contributed by atoms with E-state index in [1.165, 1.54) is 0 Å². The van der Waals surface area contributed by atoms with Crippen LogP contribution in [0.3, 0.4) is 0 Å². The Hall–Kier alpha value is -4.47. The second kappa shape index (κ2) is 21.5. The molecule has 3 saturated heterocycles. The van der Waals surface area contributed by atoms with Gasteiger partial charge in [0.15, 0.2) is 18.9 Å². The maximum absolute atomic E-state index is 12.1. The van der Waals surface area contributed by atoms with Crippen molar-refractivity contribution in [2.75, 3.05) is 19.8 Å². The monoisotopic (exact) mass is 793 g/mol. The van der Waals surface area contributed by atoms with Crippen LogP contribution in [0.1, 0.15) is 41.4 Å². The van der Waals surface area contributed by atoms with Crippen LogP contribution < -0.4 is 0 Å². The minimum Gasteiger partial charge on any atom is -0.387 e. The van der Waals surface area contributed by atoms with Gasteiger partial charge in [0, 0.05) is 10.5 Å². The third-order valence-electron chi connectivity index (χ3n) is 10.3. The van der Waals surface area contributed by atoms with Crippen LogP contribution in [0.5, 0.6) is 0 Å². The summed E-state index contributed by atoms with van der Waals surface area (Å²) in [7, 11) is 0. The molecular formula is C45H51N3O10. The number of hydrogen-bond acceptors (Lipinski definition) is 11. The molecule has 0 bridgehead atoms. The van der Waals surface area contributed by atoms with Crippen molar-refractivity contribution in [2.24, 2.45) is 5.11 Å². The second-order valence-corrected chi connectivity index (χ2v) is 14.4. The van der Waals surface area contributed by atoms with Crippen molar-refractivity contribution in [3.05, 3.63) is 167 Å². The van der Waals surface area contributed by atoms with Crippen molar-refractivity contribution in [2.45, 2.75) is 100 Å². The van der Waals surface area contributed by atoms with E-state index >= 15 is 0 Å². The SMILES string of the molecule is C=CCCCO[C@@H]1O[C@H](COCc2ccccc2)[C@@H](O[C@@H]2O[C@@H]3COC(c4ccccc4)O[C@H]3[C@H](O)[C@@H]2OCc2ccccc2)[C@H](OCc2ccccc2)[C@H]1N=[N+]=[N-]. The number of allylic oxidation sites excluding steroid dienone is 1. The van der Waals surface area contributed by atoms with Crippen LogP contribution in [0, 0.1) is 0 Å². The lowest BCUT2D eigenvalue weighted by molar-refractivity contribution is -0.387. The highest BCUT2D eigenvalue weighted by molar-refractivity contribution is 5.18. The molecule has 4 aromatic rings. The largest absolute Gasteiger partial charge is 0.387 e. The average molecular weight is 794 g/mol. The van der Waals surface area contributed by atoms with Crippen molar-refractivity contribution in [1.29, 1.82) is 0 Å². The Labute approximate surface area is 339 Å². The summed E-state index contributed by atoms with van der Waals surface area (Å²) in [5.74, 6) is 0. The number of benzene rings is 4. The number of nitrogens with zero attached hydrogens (tertiary/aromatic N) is 3. The quantitative estimate of drug-likeness (QED) is 0.0336. The number of unbranched alkanes of at least 4 members (excludes halogenated alkanes) is 1. The smallest absolute Gasteiger partial charge is 0.187 e. The van der Waals surface area contributed by atoms with E-state index in [9.17, 15) is 10.6 Å². The minimum absolute atomic E-state index is 0.0576. The molecule has 13 heteroatoms. The summed E-state index contributed by atoms with van der Waals surface area (Å²) in [6.07, 6.45) is -6.11. The number of aliphatic hydroxyl groups excluding tert-OH is 1.